The minimum absolute atomic E-state index is 0.593. The van der Waals surface area contributed by atoms with Crippen LogP contribution in [-0.4, -0.2) is 9.78 Å². The van der Waals surface area contributed by atoms with E-state index in [1.54, 1.807) is 0 Å². The Morgan fingerprint density at radius 1 is 1.13 bits per heavy atom. The molecule has 2 aromatic rings. The van der Waals surface area contributed by atoms with Crippen LogP contribution in [0.15, 0.2) is 24.4 Å². The predicted octanol–water partition coefficient (Wildman–Crippen LogP) is 2.38. The van der Waals surface area contributed by atoms with Gasteiger partial charge in [-0.05, 0) is 38.0 Å². The largest absolute Gasteiger partial charge is 0.382 e. The number of anilines is 1. The van der Waals surface area contributed by atoms with E-state index in [4.69, 9.17) is 5.73 Å². The molecule has 2 N–H and O–H groups in total. The van der Waals surface area contributed by atoms with Crippen LogP contribution < -0.4 is 5.73 Å². The molecule has 0 bridgehead atoms. The van der Waals surface area contributed by atoms with E-state index in [0.717, 1.165) is 11.3 Å². The second-order valence-corrected chi connectivity index (χ2v) is 3.93. The Morgan fingerprint density at radius 3 is 2.47 bits per heavy atom. The molecule has 1 heterocycles. The molecule has 0 aliphatic carbocycles. The van der Waals surface area contributed by atoms with Crippen molar-refractivity contribution in [3.05, 3.63) is 41.1 Å². The molecule has 0 saturated carbocycles. The van der Waals surface area contributed by atoms with E-state index in [0.29, 0.717) is 5.82 Å². The minimum Gasteiger partial charge on any atom is -0.382 e. The van der Waals surface area contributed by atoms with Crippen LogP contribution in [0.2, 0.25) is 0 Å². The van der Waals surface area contributed by atoms with Crippen molar-refractivity contribution in [2.45, 2.75) is 20.8 Å². The predicted molar refractivity (Wildman–Crippen MR) is 62.2 cm³/mol. The number of nitrogen functional groups attached to an aromatic ring is 1. The van der Waals surface area contributed by atoms with E-state index in [1.165, 1.54) is 11.1 Å². The van der Waals surface area contributed by atoms with Crippen molar-refractivity contribution in [2.75, 3.05) is 5.73 Å². The van der Waals surface area contributed by atoms with E-state index in [1.807, 2.05) is 17.8 Å². The third-order valence-corrected chi connectivity index (χ3v) is 2.55. The van der Waals surface area contributed by atoms with E-state index in [2.05, 4.69) is 37.1 Å². The average molecular weight is 201 g/mol. The van der Waals surface area contributed by atoms with Crippen LogP contribution >= 0.6 is 0 Å². The van der Waals surface area contributed by atoms with Gasteiger partial charge < -0.3 is 5.73 Å². The molecular formula is C12H15N3. The van der Waals surface area contributed by atoms with Gasteiger partial charge in [0.05, 0.1) is 5.69 Å². The van der Waals surface area contributed by atoms with Crippen LogP contribution in [0.1, 0.15) is 16.7 Å². The number of nitrogens with zero attached hydrogens (tertiary/aromatic N) is 2. The van der Waals surface area contributed by atoms with Crippen LogP contribution in [0.3, 0.4) is 0 Å². The number of hydrogen-bond acceptors (Lipinski definition) is 2. The molecule has 0 aliphatic heterocycles. The highest BCUT2D eigenvalue weighted by atomic mass is 15.3. The Balaban J connectivity index is 2.58. The maximum Gasteiger partial charge on any atom is 0.148 e. The van der Waals surface area contributed by atoms with E-state index in [-0.39, 0.29) is 0 Å². The number of aromatic nitrogens is 2. The topological polar surface area (TPSA) is 43.8 Å². The monoisotopic (exact) mass is 201 g/mol. The third kappa shape index (κ3) is 1.73. The summed E-state index contributed by atoms with van der Waals surface area (Å²) in [6.07, 6.45) is 1.96. The van der Waals surface area contributed by atoms with Crippen molar-refractivity contribution < 1.29 is 0 Å². The zero-order chi connectivity index (χ0) is 11.0. The first-order chi connectivity index (χ1) is 7.08. The van der Waals surface area contributed by atoms with Gasteiger partial charge in [-0.3, -0.25) is 0 Å². The molecule has 15 heavy (non-hydrogen) atoms. The fourth-order valence-corrected chi connectivity index (χ4v) is 1.56. The summed E-state index contributed by atoms with van der Waals surface area (Å²) in [5.74, 6) is 0.593. The lowest BCUT2D eigenvalue weighted by Gasteiger charge is -2.06. The van der Waals surface area contributed by atoms with Gasteiger partial charge in [0, 0.05) is 11.8 Å². The molecule has 0 spiro atoms. The molecule has 0 amide bonds. The van der Waals surface area contributed by atoms with Gasteiger partial charge in [-0.25, -0.2) is 4.68 Å². The van der Waals surface area contributed by atoms with E-state index < -0.39 is 0 Å². The molecule has 0 unspecified atom stereocenters. The third-order valence-electron chi connectivity index (χ3n) is 2.55. The molecule has 0 radical (unpaired) electrons. The fourth-order valence-electron chi connectivity index (χ4n) is 1.56. The SMILES string of the molecule is Cc1ccc(C)c(-n2cc(C)c(N)n2)c1. The smallest absolute Gasteiger partial charge is 0.148 e. The van der Waals surface area contributed by atoms with Crippen molar-refractivity contribution in [3.63, 3.8) is 0 Å². The zero-order valence-corrected chi connectivity index (χ0v) is 9.28. The number of benzene rings is 1. The van der Waals surface area contributed by atoms with Crippen LogP contribution in [0.5, 0.6) is 0 Å². The summed E-state index contributed by atoms with van der Waals surface area (Å²) in [6, 6.07) is 6.30. The summed E-state index contributed by atoms with van der Waals surface area (Å²) < 4.78 is 1.84. The Labute approximate surface area is 89.5 Å². The summed E-state index contributed by atoms with van der Waals surface area (Å²) in [4.78, 5) is 0. The summed E-state index contributed by atoms with van der Waals surface area (Å²) >= 11 is 0. The van der Waals surface area contributed by atoms with Gasteiger partial charge in [-0.1, -0.05) is 12.1 Å². The van der Waals surface area contributed by atoms with Crippen molar-refractivity contribution >= 4 is 5.82 Å². The Morgan fingerprint density at radius 2 is 1.87 bits per heavy atom. The lowest BCUT2D eigenvalue weighted by Crippen LogP contribution is -1.99. The van der Waals surface area contributed by atoms with Crippen LogP contribution in [0.4, 0.5) is 5.82 Å². The molecule has 1 aromatic heterocycles. The molecule has 3 nitrogen and oxygen atoms in total. The van der Waals surface area contributed by atoms with Crippen molar-refractivity contribution in [3.8, 4) is 5.69 Å². The first-order valence-corrected chi connectivity index (χ1v) is 4.97. The van der Waals surface area contributed by atoms with E-state index >= 15 is 0 Å². The molecule has 1 aromatic carbocycles. The molecule has 3 heteroatoms. The number of hydrogen-bond donors (Lipinski definition) is 1. The van der Waals surface area contributed by atoms with Crippen molar-refractivity contribution in [2.24, 2.45) is 0 Å². The first kappa shape index (κ1) is 9.77. The molecule has 0 atom stereocenters. The lowest BCUT2D eigenvalue weighted by molar-refractivity contribution is 0.876. The summed E-state index contributed by atoms with van der Waals surface area (Å²) in [5, 5.41) is 4.28. The van der Waals surface area contributed by atoms with Gasteiger partial charge in [0.15, 0.2) is 0 Å². The van der Waals surface area contributed by atoms with Gasteiger partial charge in [-0.2, -0.15) is 5.10 Å². The highest BCUT2D eigenvalue weighted by Gasteiger charge is 2.05. The van der Waals surface area contributed by atoms with E-state index in [9.17, 15) is 0 Å². The van der Waals surface area contributed by atoms with Crippen LogP contribution in [-0.2, 0) is 0 Å². The maximum absolute atomic E-state index is 5.73. The van der Waals surface area contributed by atoms with Gasteiger partial charge in [0.25, 0.3) is 0 Å². The van der Waals surface area contributed by atoms with Crippen molar-refractivity contribution in [1.29, 1.82) is 0 Å². The van der Waals surface area contributed by atoms with Crippen molar-refractivity contribution in [1.82, 2.24) is 9.78 Å². The van der Waals surface area contributed by atoms with Gasteiger partial charge in [0.2, 0.25) is 0 Å². The Bertz CT molecular complexity index is 478. The highest BCUT2D eigenvalue weighted by molar-refractivity contribution is 5.46. The molecule has 0 aliphatic rings. The zero-order valence-electron chi connectivity index (χ0n) is 9.28. The Hall–Kier alpha value is -1.77. The minimum atomic E-state index is 0.593. The summed E-state index contributed by atoms with van der Waals surface area (Å²) in [6.45, 7) is 6.11. The fraction of sp³-hybridized carbons (Fsp3) is 0.250. The molecule has 0 saturated heterocycles. The molecular weight excluding hydrogens is 186 g/mol. The van der Waals surface area contributed by atoms with Gasteiger partial charge >= 0.3 is 0 Å². The first-order valence-electron chi connectivity index (χ1n) is 4.97. The average Bonchev–Trinajstić information content (AvgIpc) is 2.51. The van der Waals surface area contributed by atoms with Crippen LogP contribution in [0, 0.1) is 20.8 Å². The second kappa shape index (κ2) is 3.42. The number of aryl methyl sites for hydroxylation is 3. The number of nitrogens with two attached hydrogens (primary N) is 1. The lowest BCUT2D eigenvalue weighted by atomic mass is 10.1. The summed E-state index contributed by atoms with van der Waals surface area (Å²) in [7, 11) is 0. The van der Waals surface area contributed by atoms with Crippen LogP contribution in [0.25, 0.3) is 5.69 Å². The molecule has 78 valence electrons. The quantitative estimate of drug-likeness (QED) is 0.769. The molecule has 0 fully saturated rings. The van der Waals surface area contributed by atoms with Gasteiger partial charge in [0.1, 0.15) is 5.82 Å². The number of rotatable bonds is 1. The Kier molecular flexibility index (Phi) is 2.23. The molecule has 2 rings (SSSR count). The highest BCUT2D eigenvalue weighted by Crippen LogP contribution is 2.17. The maximum atomic E-state index is 5.73. The normalized spacial score (nSPS) is 10.6. The second-order valence-electron chi connectivity index (χ2n) is 3.93. The van der Waals surface area contributed by atoms with Gasteiger partial charge in [-0.15, -0.1) is 0 Å². The summed E-state index contributed by atoms with van der Waals surface area (Å²) in [5.41, 5.74) is 10.3. The standard InChI is InChI=1S/C12H15N3/c1-8-4-5-9(2)11(6-8)15-7-10(3)12(13)14-15/h4-7H,1-3H3,(H2,13,14).